The molecule has 0 aliphatic carbocycles. The second kappa shape index (κ2) is 6.61. The largest absolute Gasteiger partial charge is 0.506 e. The van der Waals surface area contributed by atoms with Crippen molar-refractivity contribution < 1.29 is 14.6 Å². The smallest absolute Gasteiger partial charge is 0.161 e. The van der Waals surface area contributed by atoms with Crippen LogP contribution in [-0.2, 0) is 6.54 Å². The fourth-order valence-electron chi connectivity index (χ4n) is 3.32. The fraction of sp³-hybridized carbons (Fsp3) is 0.368. The van der Waals surface area contributed by atoms with Crippen molar-refractivity contribution in [1.29, 1.82) is 0 Å². The van der Waals surface area contributed by atoms with Crippen molar-refractivity contribution in [2.75, 3.05) is 44.3 Å². The number of piperazine rings is 1. The maximum atomic E-state index is 10.00. The van der Waals surface area contributed by atoms with Gasteiger partial charge in [-0.25, -0.2) is 0 Å². The minimum atomic E-state index is 0.359. The van der Waals surface area contributed by atoms with Crippen molar-refractivity contribution in [3.63, 3.8) is 0 Å². The first-order valence-electron chi connectivity index (χ1n) is 8.43. The van der Waals surface area contributed by atoms with Crippen LogP contribution in [-0.4, -0.2) is 49.4 Å². The number of phenolic OH excluding ortho intramolecular Hbond substituents is 1. The maximum Gasteiger partial charge on any atom is 0.161 e. The molecule has 0 atom stereocenters. The molecular formula is C19H22N2O3. The Labute approximate surface area is 142 Å². The second-order valence-electron chi connectivity index (χ2n) is 6.23. The van der Waals surface area contributed by atoms with E-state index in [0.29, 0.717) is 19.0 Å². The van der Waals surface area contributed by atoms with Crippen molar-refractivity contribution in [3.8, 4) is 17.2 Å². The Morgan fingerprint density at radius 1 is 0.875 bits per heavy atom. The normalized spacial score (nSPS) is 17.8. The molecule has 126 valence electrons. The zero-order valence-corrected chi connectivity index (χ0v) is 13.6. The summed E-state index contributed by atoms with van der Waals surface area (Å²) in [5, 5.41) is 10.00. The molecule has 1 saturated heterocycles. The molecule has 5 heteroatoms. The highest BCUT2D eigenvalue weighted by atomic mass is 16.6. The minimum Gasteiger partial charge on any atom is -0.506 e. The molecule has 2 heterocycles. The molecule has 4 rings (SSSR count). The number of rotatable bonds is 3. The van der Waals surface area contributed by atoms with Gasteiger partial charge in [0.1, 0.15) is 19.0 Å². The number of anilines is 1. The summed E-state index contributed by atoms with van der Waals surface area (Å²) >= 11 is 0. The highest BCUT2D eigenvalue weighted by molar-refractivity contribution is 5.57. The molecule has 0 spiro atoms. The van der Waals surface area contributed by atoms with Crippen LogP contribution in [0, 0.1) is 0 Å². The number of para-hydroxylation sites is 2. The predicted octanol–water partition coefficient (Wildman–Crippen LogP) is 2.49. The summed E-state index contributed by atoms with van der Waals surface area (Å²) in [5.41, 5.74) is 2.17. The molecule has 2 aliphatic rings. The van der Waals surface area contributed by atoms with Crippen molar-refractivity contribution in [1.82, 2.24) is 4.90 Å². The molecule has 0 bridgehead atoms. The first-order chi connectivity index (χ1) is 11.8. The van der Waals surface area contributed by atoms with Crippen LogP contribution in [0.4, 0.5) is 5.69 Å². The van der Waals surface area contributed by atoms with Crippen LogP contribution in [0.15, 0.2) is 42.5 Å². The fourth-order valence-corrected chi connectivity index (χ4v) is 3.32. The van der Waals surface area contributed by atoms with E-state index in [9.17, 15) is 5.11 Å². The molecule has 2 aromatic rings. The van der Waals surface area contributed by atoms with Crippen molar-refractivity contribution >= 4 is 5.69 Å². The van der Waals surface area contributed by atoms with Crippen molar-refractivity contribution in [3.05, 3.63) is 48.0 Å². The van der Waals surface area contributed by atoms with E-state index in [-0.39, 0.29) is 0 Å². The summed E-state index contributed by atoms with van der Waals surface area (Å²) in [6.45, 7) is 5.94. The van der Waals surface area contributed by atoms with Crippen LogP contribution in [0.25, 0.3) is 0 Å². The summed E-state index contributed by atoms with van der Waals surface area (Å²) in [4.78, 5) is 4.68. The van der Waals surface area contributed by atoms with Gasteiger partial charge < -0.3 is 19.5 Å². The van der Waals surface area contributed by atoms with Crippen LogP contribution in [0.5, 0.6) is 17.2 Å². The molecule has 0 amide bonds. The number of ether oxygens (including phenoxy) is 2. The lowest BCUT2D eigenvalue weighted by Gasteiger charge is -2.36. The van der Waals surface area contributed by atoms with Gasteiger partial charge in [-0.3, -0.25) is 4.90 Å². The van der Waals surface area contributed by atoms with Crippen LogP contribution in [0.3, 0.4) is 0 Å². The molecule has 0 aromatic heterocycles. The monoisotopic (exact) mass is 326 g/mol. The zero-order chi connectivity index (χ0) is 16.4. The topological polar surface area (TPSA) is 45.2 Å². The van der Waals surface area contributed by atoms with E-state index in [4.69, 9.17) is 9.47 Å². The third kappa shape index (κ3) is 3.12. The molecule has 24 heavy (non-hydrogen) atoms. The van der Waals surface area contributed by atoms with E-state index in [1.54, 1.807) is 6.07 Å². The Morgan fingerprint density at radius 3 is 2.42 bits per heavy atom. The highest BCUT2D eigenvalue weighted by Crippen LogP contribution is 2.31. The van der Waals surface area contributed by atoms with Crippen molar-refractivity contribution in [2.45, 2.75) is 6.54 Å². The van der Waals surface area contributed by atoms with Gasteiger partial charge in [-0.05, 0) is 29.8 Å². The Bertz CT molecular complexity index is 712. The van der Waals surface area contributed by atoms with Crippen LogP contribution < -0.4 is 14.4 Å². The van der Waals surface area contributed by atoms with Gasteiger partial charge in [-0.1, -0.05) is 18.2 Å². The van der Waals surface area contributed by atoms with E-state index in [1.165, 1.54) is 5.56 Å². The lowest BCUT2D eigenvalue weighted by molar-refractivity contribution is 0.171. The first-order valence-corrected chi connectivity index (χ1v) is 8.43. The third-order valence-corrected chi connectivity index (χ3v) is 4.61. The maximum absolute atomic E-state index is 10.00. The molecule has 1 N–H and O–H groups in total. The molecule has 1 fully saturated rings. The Kier molecular flexibility index (Phi) is 4.17. The molecular weight excluding hydrogens is 304 g/mol. The van der Waals surface area contributed by atoms with Crippen molar-refractivity contribution in [2.24, 2.45) is 0 Å². The van der Waals surface area contributed by atoms with Crippen LogP contribution >= 0.6 is 0 Å². The Hall–Kier alpha value is -2.40. The summed E-state index contributed by atoms with van der Waals surface area (Å²) in [5.74, 6) is 2.05. The average molecular weight is 326 g/mol. The minimum absolute atomic E-state index is 0.359. The molecule has 2 aromatic carbocycles. The summed E-state index contributed by atoms with van der Waals surface area (Å²) in [6, 6.07) is 13.8. The number of hydrogen-bond acceptors (Lipinski definition) is 5. The highest BCUT2D eigenvalue weighted by Gasteiger charge is 2.20. The Morgan fingerprint density at radius 2 is 1.62 bits per heavy atom. The van der Waals surface area contributed by atoms with Crippen LogP contribution in [0.1, 0.15) is 5.56 Å². The molecule has 0 radical (unpaired) electrons. The van der Waals surface area contributed by atoms with Gasteiger partial charge >= 0.3 is 0 Å². The average Bonchev–Trinajstić information content (AvgIpc) is 2.63. The molecule has 2 aliphatic heterocycles. The number of benzene rings is 2. The molecule has 0 unspecified atom stereocenters. The van der Waals surface area contributed by atoms with E-state index in [1.807, 2.05) is 24.3 Å². The Balaban J connectivity index is 1.37. The van der Waals surface area contributed by atoms with Gasteiger partial charge in [-0.2, -0.15) is 0 Å². The van der Waals surface area contributed by atoms with Gasteiger partial charge in [0.15, 0.2) is 11.5 Å². The summed E-state index contributed by atoms with van der Waals surface area (Å²) in [7, 11) is 0. The first kappa shape index (κ1) is 15.1. The number of phenols is 1. The number of fused-ring (bicyclic) bond motifs is 1. The van der Waals surface area contributed by atoms with E-state index >= 15 is 0 Å². The number of hydrogen-bond donors (Lipinski definition) is 1. The standard InChI is InChI=1S/C19H22N2O3/c22-17-4-2-1-3-16(17)21-9-7-20(8-10-21)14-15-5-6-18-19(13-15)24-12-11-23-18/h1-6,13,22H,7-12,14H2. The summed E-state index contributed by atoms with van der Waals surface area (Å²) < 4.78 is 11.2. The van der Waals surface area contributed by atoms with Gasteiger partial charge in [0.05, 0.1) is 5.69 Å². The third-order valence-electron chi connectivity index (χ3n) is 4.61. The molecule has 5 nitrogen and oxygen atoms in total. The number of nitrogens with zero attached hydrogens (tertiary/aromatic N) is 2. The second-order valence-corrected chi connectivity index (χ2v) is 6.23. The SMILES string of the molecule is Oc1ccccc1N1CCN(Cc2ccc3c(c2)OCCO3)CC1. The van der Waals surface area contributed by atoms with Gasteiger partial charge in [-0.15, -0.1) is 0 Å². The van der Waals surface area contributed by atoms with Gasteiger partial charge in [0.25, 0.3) is 0 Å². The zero-order valence-electron chi connectivity index (χ0n) is 13.6. The molecule has 0 saturated carbocycles. The predicted molar refractivity (Wildman–Crippen MR) is 93.0 cm³/mol. The van der Waals surface area contributed by atoms with Gasteiger partial charge in [0.2, 0.25) is 0 Å². The van der Waals surface area contributed by atoms with E-state index in [2.05, 4.69) is 21.9 Å². The van der Waals surface area contributed by atoms with E-state index < -0.39 is 0 Å². The van der Waals surface area contributed by atoms with E-state index in [0.717, 1.165) is 49.9 Å². The lowest BCUT2D eigenvalue weighted by atomic mass is 10.1. The van der Waals surface area contributed by atoms with Crippen LogP contribution in [0.2, 0.25) is 0 Å². The quantitative estimate of drug-likeness (QED) is 0.939. The lowest BCUT2D eigenvalue weighted by Crippen LogP contribution is -2.46. The number of aromatic hydroxyl groups is 1. The van der Waals surface area contributed by atoms with Gasteiger partial charge in [0, 0.05) is 32.7 Å². The summed E-state index contributed by atoms with van der Waals surface area (Å²) in [6.07, 6.45) is 0.